The molecule has 0 spiro atoms. The molecule has 0 radical (unpaired) electrons. The lowest BCUT2D eigenvalue weighted by molar-refractivity contribution is -0.384. The van der Waals surface area contributed by atoms with Crippen LogP contribution in [-0.4, -0.2) is 20.2 Å². The van der Waals surface area contributed by atoms with Crippen LogP contribution in [0.25, 0.3) is 0 Å². The summed E-state index contributed by atoms with van der Waals surface area (Å²) in [5, 5.41) is 17.0. The second-order valence-corrected chi connectivity index (χ2v) is 7.58. The minimum atomic E-state index is -3.13. The summed E-state index contributed by atoms with van der Waals surface area (Å²) in [6.45, 7) is 7.85. The van der Waals surface area contributed by atoms with E-state index in [0.717, 1.165) is 10.6 Å². The van der Waals surface area contributed by atoms with Gasteiger partial charge in [-0.15, -0.1) is 11.3 Å². The Balaban J connectivity index is 0.000000705. The number of ether oxygens (including phenoxy) is 1. The third-order valence-electron chi connectivity index (χ3n) is 2.60. The standard InChI is InChI=1S/C15H18N2O3S.H3O3P/c1-10-7-14(21-9-10)20-11-5-6-13(17(18)19)12(8-11)16-15(2,3)4;1-4(2)3/h5-9,16H,1-4H3;4H,(H2,1,2,3). The van der Waals surface area contributed by atoms with Gasteiger partial charge in [0.15, 0.2) is 5.06 Å². The number of hydrogen-bond acceptors (Lipinski definition) is 6. The third-order valence-corrected chi connectivity index (χ3v) is 3.52. The number of nitro groups is 1. The van der Waals surface area contributed by atoms with Gasteiger partial charge in [-0.3, -0.25) is 14.7 Å². The topological polar surface area (TPSA) is 122 Å². The number of nitro benzene ring substituents is 1. The van der Waals surface area contributed by atoms with Crippen molar-refractivity contribution in [3.63, 3.8) is 0 Å². The molecule has 1 heterocycles. The molecule has 8 nitrogen and oxygen atoms in total. The molecule has 1 aromatic carbocycles. The lowest BCUT2D eigenvalue weighted by atomic mass is 10.1. The molecule has 0 aliphatic rings. The van der Waals surface area contributed by atoms with E-state index in [9.17, 15) is 10.1 Å². The van der Waals surface area contributed by atoms with Gasteiger partial charge in [-0.2, -0.15) is 0 Å². The summed E-state index contributed by atoms with van der Waals surface area (Å²) in [5.74, 6) is 0.578. The molecular formula is C15H21N2O6PS. The van der Waals surface area contributed by atoms with Gasteiger partial charge in [-0.25, -0.2) is 0 Å². The Bertz CT molecular complexity index is 753. The average molecular weight is 388 g/mol. The smallest absolute Gasteiger partial charge is 0.314 e. The van der Waals surface area contributed by atoms with Crippen LogP contribution in [0, 0.1) is 17.0 Å². The highest BCUT2D eigenvalue weighted by Crippen LogP contribution is 2.34. The average Bonchev–Trinajstić information content (AvgIpc) is 2.81. The normalized spacial score (nSPS) is 10.8. The molecule has 10 heteroatoms. The lowest BCUT2D eigenvalue weighted by Gasteiger charge is -2.22. The summed E-state index contributed by atoms with van der Waals surface area (Å²) in [6, 6.07) is 6.67. The van der Waals surface area contributed by atoms with Gasteiger partial charge in [-0.05, 0) is 50.8 Å². The summed E-state index contributed by atoms with van der Waals surface area (Å²) in [6.07, 6.45) is 0. The Kier molecular flexibility index (Phi) is 7.57. The summed E-state index contributed by atoms with van der Waals surface area (Å²) >= 11 is 1.50. The minimum Gasteiger partial charge on any atom is -0.447 e. The van der Waals surface area contributed by atoms with E-state index in [-0.39, 0.29) is 11.2 Å². The highest BCUT2D eigenvalue weighted by Gasteiger charge is 2.19. The van der Waals surface area contributed by atoms with Gasteiger partial charge in [-0.1, -0.05) is 0 Å². The first-order chi connectivity index (χ1) is 11.5. The third kappa shape index (κ3) is 8.13. The maximum absolute atomic E-state index is 11.1. The highest BCUT2D eigenvalue weighted by molar-refractivity contribution is 7.30. The fraction of sp³-hybridized carbons (Fsp3) is 0.333. The van der Waals surface area contributed by atoms with Crippen LogP contribution in [-0.2, 0) is 4.57 Å². The van der Waals surface area contributed by atoms with Crippen LogP contribution in [0.4, 0.5) is 11.4 Å². The highest BCUT2D eigenvalue weighted by atomic mass is 32.1. The molecular weight excluding hydrogens is 367 g/mol. The Morgan fingerprint density at radius 3 is 2.32 bits per heavy atom. The molecule has 25 heavy (non-hydrogen) atoms. The molecule has 138 valence electrons. The number of aryl methyl sites for hydroxylation is 1. The SMILES string of the molecule is Cc1csc(Oc2ccc([N+](=O)[O-])c(NC(C)(C)C)c2)c1.O=[PH](O)O. The molecule has 3 N–H and O–H groups in total. The summed E-state index contributed by atoms with van der Waals surface area (Å²) in [4.78, 5) is 25.0. The predicted octanol–water partition coefficient (Wildman–Crippen LogP) is 4.33. The zero-order valence-electron chi connectivity index (χ0n) is 14.3. The first-order valence-corrected chi connectivity index (χ1v) is 9.37. The first kappa shape index (κ1) is 21.1. The maximum Gasteiger partial charge on any atom is 0.314 e. The molecule has 2 rings (SSSR count). The Hall–Kier alpha value is -1.93. The zero-order chi connectivity index (χ0) is 19.2. The Labute approximate surface area is 150 Å². The number of anilines is 1. The van der Waals surface area contributed by atoms with Crippen molar-refractivity contribution in [1.29, 1.82) is 0 Å². The van der Waals surface area contributed by atoms with Crippen molar-refractivity contribution < 1.29 is 24.0 Å². The van der Waals surface area contributed by atoms with Crippen LogP contribution in [0.15, 0.2) is 29.6 Å². The Morgan fingerprint density at radius 2 is 1.88 bits per heavy atom. The zero-order valence-corrected chi connectivity index (χ0v) is 16.1. The van der Waals surface area contributed by atoms with Crippen LogP contribution >= 0.6 is 19.6 Å². The molecule has 2 aromatic rings. The van der Waals surface area contributed by atoms with Crippen molar-refractivity contribution in [2.24, 2.45) is 0 Å². The van der Waals surface area contributed by atoms with E-state index in [1.54, 1.807) is 12.1 Å². The van der Waals surface area contributed by atoms with Gasteiger partial charge in [0.05, 0.1) is 4.92 Å². The van der Waals surface area contributed by atoms with Crippen molar-refractivity contribution in [2.75, 3.05) is 5.32 Å². The van der Waals surface area contributed by atoms with Crippen molar-refractivity contribution in [2.45, 2.75) is 33.2 Å². The monoisotopic (exact) mass is 388 g/mol. The molecule has 0 unspecified atom stereocenters. The van der Waals surface area contributed by atoms with Crippen molar-refractivity contribution >= 4 is 31.0 Å². The largest absolute Gasteiger partial charge is 0.447 e. The molecule has 0 fully saturated rings. The minimum absolute atomic E-state index is 0.0413. The fourth-order valence-electron chi connectivity index (χ4n) is 1.82. The van der Waals surface area contributed by atoms with E-state index in [2.05, 4.69) is 5.32 Å². The van der Waals surface area contributed by atoms with Crippen molar-refractivity contribution in [1.82, 2.24) is 0 Å². The van der Waals surface area contributed by atoms with E-state index in [1.165, 1.54) is 17.4 Å². The molecule has 0 saturated heterocycles. The van der Waals surface area contributed by atoms with Gasteiger partial charge < -0.3 is 19.8 Å². The molecule has 0 amide bonds. The lowest BCUT2D eigenvalue weighted by Crippen LogP contribution is -2.26. The van der Waals surface area contributed by atoms with Crippen LogP contribution in [0.5, 0.6) is 10.8 Å². The molecule has 1 aromatic heterocycles. The van der Waals surface area contributed by atoms with E-state index in [0.29, 0.717) is 11.4 Å². The summed E-state index contributed by atoms with van der Waals surface area (Å²) in [5.41, 5.74) is 1.35. The fourth-order valence-corrected chi connectivity index (χ4v) is 2.58. The molecule has 0 bridgehead atoms. The van der Waals surface area contributed by atoms with Crippen LogP contribution in [0.1, 0.15) is 26.3 Å². The molecule has 0 atom stereocenters. The molecule has 0 aliphatic heterocycles. The first-order valence-electron chi connectivity index (χ1n) is 7.19. The van der Waals surface area contributed by atoms with Crippen molar-refractivity contribution in [3.8, 4) is 10.8 Å². The second kappa shape index (κ2) is 8.96. The summed E-state index contributed by atoms with van der Waals surface area (Å²) in [7, 11) is -3.13. The van der Waals surface area contributed by atoms with Crippen LogP contribution in [0.3, 0.4) is 0 Å². The molecule has 0 aliphatic carbocycles. The van der Waals surface area contributed by atoms with Gasteiger partial charge >= 0.3 is 8.25 Å². The van der Waals surface area contributed by atoms with Gasteiger partial charge in [0.1, 0.15) is 11.4 Å². The van der Waals surface area contributed by atoms with E-state index >= 15 is 0 Å². The van der Waals surface area contributed by atoms with E-state index < -0.39 is 13.2 Å². The van der Waals surface area contributed by atoms with Gasteiger partial charge in [0, 0.05) is 17.7 Å². The van der Waals surface area contributed by atoms with E-state index in [4.69, 9.17) is 19.1 Å². The number of rotatable bonds is 4. The van der Waals surface area contributed by atoms with Crippen LogP contribution in [0.2, 0.25) is 0 Å². The second-order valence-electron chi connectivity index (χ2n) is 6.14. The maximum atomic E-state index is 11.1. The van der Waals surface area contributed by atoms with Crippen LogP contribution < -0.4 is 10.1 Å². The number of benzene rings is 1. The summed E-state index contributed by atoms with van der Waals surface area (Å²) < 4.78 is 14.5. The number of hydrogen-bond donors (Lipinski definition) is 3. The van der Waals surface area contributed by atoms with E-state index in [1.807, 2.05) is 39.1 Å². The molecule has 0 saturated carbocycles. The van der Waals surface area contributed by atoms with Crippen molar-refractivity contribution in [3.05, 3.63) is 45.3 Å². The Morgan fingerprint density at radius 1 is 1.28 bits per heavy atom. The van der Waals surface area contributed by atoms with Gasteiger partial charge in [0.2, 0.25) is 0 Å². The predicted molar refractivity (Wildman–Crippen MR) is 99.0 cm³/mol. The number of nitrogens with zero attached hydrogens (tertiary/aromatic N) is 1. The number of thiophene rings is 1. The quantitative estimate of drug-likeness (QED) is 0.405. The van der Waals surface area contributed by atoms with Gasteiger partial charge in [0.25, 0.3) is 5.69 Å². The number of nitrogens with one attached hydrogen (secondary N) is 1.